The molecule has 34 heavy (non-hydrogen) atoms. The van der Waals surface area contributed by atoms with Gasteiger partial charge in [0.05, 0.1) is 5.69 Å². The Labute approximate surface area is 203 Å². The molecule has 1 aromatic heterocycles. The predicted molar refractivity (Wildman–Crippen MR) is 141 cm³/mol. The van der Waals surface area contributed by atoms with Gasteiger partial charge in [-0.25, -0.2) is 0 Å². The van der Waals surface area contributed by atoms with Crippen LogP contribution in [0, 0.1) is 27.7 Å². The van der Waals surface area contributed by atoms with Crippen LogP contribution in [0.5, 0.6) is 0 Å². The molecule has 0 aliphatic heterocycles. The van der Waals surface area contributed by atoms with E-state index >= 15 is 0 Å². The van der Waals surface area contributed by atoms with Crippen LogP contribution in [0.1, 0.15) is 70.7 Å². The maximum Gasteiger partial charge on any atom is 0.257 e. The molecule has 0 aliphatic rings. The first-order valence-electron chi connectivity index (χ1n) is 12.0. The molecular formula is C28H37N5O. The Morgan fingerprint density at radius 2 is 1.68 bits per heavy atom. The predicted octanol–water partition coefficient (Wildman–Crippen LogP) is 5.70. The normalized spacial score (nSPS) is 11.7. The van der Waals surface area contributed by atoms with Crippen molar-refractivity contribution in [3.8, 4) is 0 Å². The van der Waals surface area contributed by atoms with Gasteiger partial charge in [0, 0.05) is 30.0 Å². The number of hydrogen-bond acceptors (Lipinski definition) is 3. The lowest BCUT2D eigenvalue weighted by atomic mass is 10.0. The van der Waals surface area contributed by atoms with Crippen LogP contribution in [0.2, 0.25) is 0 Å². The maximum atomic E-state index is 13.0. The van der Waals surface area contributed by atoms with E-state index in [-0.39, 0.29) is 5.91 Å². The zero-order valence-electron chi connectivity index (χ0n) is 21.5. The molecule has 3 aromatic rings. The van der Waals surface area contributed by atoms with E-state index in [2.05, 4.69) is 61.6 Å². The summed E-state index contributed by atoms with van der Waals surface area (Å²) in [5.41, 5.74) is 8.31. The smallest absolute Gasteiger partial charge is 0.257 e. The van der Waals surface area contributed by atoms with Gasteiger partial charge in [-0.3, -0.25) is 19.8 Å². The molecule has 0 radical (unpaired) electrons. The van der Waals surface area contributed by atoms with Crippen molar-refractivity contribution in [2.45, 2.75) is 67.3 Å². The van der Waals surface area contributed by atoms with Crippen molar-refractivity contribution < 1.29 is 4.79 Å². The standard InChI is InChI=1S/C28H37N5O/c1-8-33-22(7)26(21(6)32-33)13-14-29-28(30-25-11-9-23(10-12-25)18(2)3)31-27(34)24-16-19(4)15-20(5)17-24/h9-12,15-18H,8,13-14H2,1-7H3,(H2,29,30,31,34). The average molecular weight is 460 g/mol. The zero-order valence-corrected chi connectivity index (χ0v) is 21.5. The van der Waals surface area contributed by atoms with Crippen LogP contribution in [-0.2, 0) is 13.0 Å². The third kappa shape index (κ3) is 6.34. The second kappa shape index (κ2) is 11.1. The minimum absolute atomic E-state index is 0.178. The number of aryl methyl sites for hydroxylation is 4. The number of nitrogens with one attached hydrogen (secondary N) is 2. The number of benzene rings is 2. The van der Waals surface area contributed by atoms with Crippen molar-refractivity contribution in [1.29, 1.82) is 0 Å². The molecule has 0 fully saturated rings. The highest BCUT2D eigenvalue weighted by molar-refractivity contribution is 6.10. The molecule has 0 unspecified atom stereocenters. The van der Waals surface area contributed by atoms with Crippen molar-refractivity contribution in [3.05, 3.63) is 81.7 Å². The lowest BCUT2D eigenvalue weighted by Crippen LogP contribution is -2.36. The number of carbonyl (C=O) groups excluding carboxylic acids is 1. The van der Waals surface area contributed by atoms with Gasteiger partial charge < -0.3 is 5.32 Å². The van der Waals surface area contributed by atoms with E-state index in [1.165, 1.54) is 16.8 Å². The molecule has 1 amide bonds. The summed E-state index contributed by atoms with van der Waals surface area (Å²) in [5, 5.41) is 10.9. The molecule has 0 saturated carbocycles. The maximum absolute atomic E-state index is 13.0. The van der Waals surface area contributed by atoms with Crippen LogP contribution in [0.15, 0.2) is 47.5 Å². The molecule has 2 N–H and O–H groups in total. The van der Waals surface area contributed by atoms with E-state index in [0.29, 0.717) is 24.0 Å². The molecule has 3 rings (SSSR count). The first-order valence-corrected chi connectivity index (χ1v) is 12.0. The number of aliphatic imine (C=N–C) groups is 1. The first-order chi connectivity index (χ1) is 16.2. The van der Waals surface area contributed by atoms with Gasteiger partial charge in [-0.2, -0.15) is 5.10 Å². The Balaban J connectivity index is 1.81. The molecule has 2 aromatic carbocycles. The number of amides is 1. The van der Waals surface area contributed by atoms with Gasteiger partial charge in [0.15, 0.2) is 0 Å². The number of guanidine groups is 1. The zero-order chi connectivity index (χ0) is 24.8. The molecule has 0 atom stereocenters. The largest absolute Gasteiger partial charge is 0.326 e. The van der Waals surface area contributed by atoms with Crippen molar-refractivity contribution in [3.63, 3.8) is 0 Å². The second-order valence-corrected chi connectivity index (χ2v) is 9.18. The first kappa shape index (κ1) is 25.2. The number of carbonyl (C=O) groups is 1. The van der Waals surface area contributed by atoms with Gasteiger partial charge in [-0.1, -0.05) is 43.2 Å². The monoisotopic (exact) mass is 459 g/mol. The van der Waals surface area contributed by atoms with Gasteiger partial charge in [0.25, 0.3) is 5.91 Å². The minimum atomic E-state index is -0.178. The molecule has 0 saturated heterocycles. The van der Waals surface area contributed by atoms with Crippen LogP contribution >= 0.6 is 0 Å². The van der Waals surface area contributed by atoms with Crippen molar-refractivity contribution in [2.75, 3.05) is 11.9 Å². The third-order valence-corrected chi connectivity index (χ3v) is 6.02. The van der Waals surface area contributed by atoms with Gasteiger partial charge in [0.1, 0.15) is 0 Å². The summed E-state index contributed by atoms with van der Waals surface area (Å²) in [4.78, 5) is 17.8. The SMILES string of the molecule is CCn1nc(C)c(CCN=C(NC(=O)c2cc(C)cc(C)c2)Nc2ccc(C(C)C)cc2)c1C. The second-order valence-electron chi connectivity index (χ2n) is 9.18. The molecule has 0 aliphatic carbocycles. The Bertz CT molecular complexity index is 1150. The van der Waals surface area contributed by atoms with E-state index < -0.39 is 0 Å². The fourth-order valence-electron chi connectivity index (χ4n) is 4.17. The van der Waals surface area contributed by atoms with E-state index in [9.17, 15) is 4.79 Å². The lowest BCUT2D eigenvalue weighted by molar-refractivity contribution is 0.0976. The Kier molecular flexibility index (Phi) is 8.26. The van der Waals surface area contributed by atoms with E-state index in [1.54, 1.807) is 0 Å². The summed E-state index contributed by atoms with van der Waals surface area (Å²) in [7, 11) is 0. The van der Waals surface area contributed by atoms with E-state index in [1.807, 2.05) is 49.7 Å². The summed E-state index contributed by atoms with van der Waals surface area (Å²) in [6.45, 7) is 15.9. The fraction of sp³-hybridized carbons (Fsp3) is 0.393. The van der Waals surface area contributed by atoms with Gasteiger partial charge in [-0.15, -0.1) is 0 Å². The van der Waals surface area contributed by atoms with Crippen molar-refractivity contribution in [1.82, 2.24) is 15.1 Å². The molecule has 6 nitrogen and oxygen atoms in total. The number of hydrogen-bond donors (Lipinski definition) is 2. The molecule has 180 valence electrons. The van der Waals surface area contributed by atoms with E-state index in [4.69, 9.17) is 4.99 Å². The Morgan fingerprint density at radius 3 is 2.24 bits per heavy atom. The Hall–Kier alpha value is -3.41. The van der Waals surface area contributed by atoms with Gasteiger partial charge in [-0.05, 0) is 82.3 Å². The molecule has 6 heteroatoms. The topological polar surface area (TPSA) is 71.3 Å². The van der Waals surface area contributed by atoms with Crippen LogP contribution in [0.4, 0.5) is 5.69 Å². The number of rotatable bonds is 7. The quantitative estimate of drug-likeness (QED) is 0.352. The summed E-state index contributed by atoms with van der Waals surface area (Å²) < 4.78 is 2.02. The number of nitrogens with zero attached hydrogens (tertiary/aromatic N) is 3. The van der Waals surface area contributed by atoms with Crippen molar-refractivity contribution >= 4 is 17.6 Å². The van der Waals surface area contributed by atoms with Crippen LogP contribution in [-0.4, -0.2) is 28.2 Å². The highest BCUT2D eigenvalue weighted by Crippen LogP contribution is 2.18. The molecule has 0 bridgehead atoms. The number of anilines is 1. The lowest BCUT2D eigenvalue weighted by Gasteiger charge is -2.14. The number of aromatic nitrogens is 2. The summed E-state index contributed by atoms with van der Waals surface area (Å²) in [6.07, 6.45) is 0.758. The fourth-order valence-corrected chi connectivity index (χ4v) is 4.17. The van der Waals surface area contributed by atoms with Crippen LogP contribution in [0.3, 0.4) is 0 Å². The van der Waals surface area contributed by atoms with Crippen LogP contribution in [0.25, 0.3) is 0 Å². The highest BCUT2D eigenvalue weighted by Gasteiger charge is 2.13. The van der Waals surface area contributed by atoms with E-state index in [0.717, 1.165) is 35.5 Å². The van der Waals surface area contributed by atoms with Crippen LogP contribution < -0.4 is 10.6 Å². The van der Waals surface area contributed by atoms with Crippen molar-refractivity contribution in [2.24, 2.45) is 4.99 Å². The molecule has 0 spiro atoms. The minimum Gasteiger partial charge on any atom is -0.326 e. The summed E-state index contributed by atoms with van der Waals surface area (Å²) >= 11 is 0. The third-order valence-electron chi connectivity index (χ3n) is 6.02. The summed E-state index contributed by atoms with van der Waals surface area (Å²) in [5.74, 6) is 0.727. The van der Waals surface area contributed by atoms with Gasteiger partial charge in [0.2, 0.25) is 5.96 Å². The Morgan fingerprint density at radius 1 is 1.03 bits per heavy atom. The van der Waals surface area contributed by atoms with Gasteiger partial charge >= 0.3 is 0 Å². The summed E-state index contributed by atoms with van der Waals surface area (Å²) in [6, 6.07) is 14.1. The highest BCUT2D eigenvalue weighted by atomic mass is 16.1. The molecular weight excluding hydrogens is 422 g/mol. The molecule has 1 heterocycles. The average Bonchev–Trinajstić information content (AvgIpc) is 3.06.